The lowest BCUT2D eigenvalue weighted by Crippen LogP contribution is -2.21. The molecule has 0 aliphatic rings. The second kappa shape index (κ2) is 12.7. The summed E-state index contributed by atoms with van der Waals surface area (Å²) in [5.41, 5.74) is 1.63. The molecule has 0 aromatic heterocycles. The number of nitrogens with one attached hydrogen (secondary N) is 2. The summed E-state index contributed by atoms with van der Waals surface area (Å²) in [6, 6.07) is 15.1. The summed E-state index contributed by atoms with van der Waals surface area (Å²) >= 11 is 0. The molecule has 0 heterocycles. The van der Waals surface area contributed by atoms with E-state index in [4.69, 9.17) is 9.47 Å². The third kappa shape index (κ3) is 9.37. The molecular formula is C24H34N2O3. The normalized spacial score (nSPS) is 10.6. The molecule has 2 rings (SSSR count). The number of ether oxygens (including phenoxy) is 2. The third-order valence-electron chi connectivity index (χ3n) is 4.33. The first-order chi connectivity index (χ1) is 14.1. The standard InChI is InChI=1S/C24H34N2O3/c1-4-5-6-7-8-17-28-22-13-9-20(10-14-22)25-18-24(27)26-21-11-15-23(16-12-21)29-19(2)3/h9-16,19,25H,4-8,17-18H2,1-3H3,(H,26,27). The molecule has 158 valence electrons. The molecule has 2 aromatic carbocycles. The molecule has 0 aliphatic heterocycles. The van der Waals surface area contributed by atoms with Gasteiger partial charge in [0.15, 0.2) is 0 Å². The Morgan fingerprint density at radius 2 is 1.48 bits per heavy atom. The highest BCUT2D eigenvalue weighted by molar-refractivity contribution is 5.93. The molecular weight excluding hydrogens is 364 g/mol. The van der Waals surface area contributed by atoms with E-state index in [0.717, 1.165) is 35.9 Å². The fourth-order valence-corrected chi connectivity index (χ4v) is 2.84. The zero-order chi connectivity index (χ0) is 20.9. The average Bonchev–Trinajstić information content (AvgIpc) is 2.71. The van der Waals surface area contributed by atoms with E-state index in [-0.39, 0.29) is 18.6 Å². The topological polar surface area (TPSA) is 59.6 Å². The summed E-state index contributed by atoms with van der Waals surface area (Å²) in [5.74, 6) is 1.55. The Bertz CT molecular complexity index is 712. The Balaban J connectivity index is 1.67. The molecule has 0 spiro atoms. The van der Waals surface area contributed by atoms with Gasteiger partial charge in [-0.15, -0.1) is 0 Å². The highest BCUT2D eigenvalue weighted by Crippen LogP contribution is 2.18. The second-order valence-electron chi connectivity index (χ2n) is 7.38. The van der Waals surface area contributed by atoms with Crippen LogP contribution in [0, 0.1) is 0 Å². The monoisotopic (exact) mass is 398 g/mol. The number of rotatable bonds is 13. The van der Waals surface area contributed by atoms with Crippen molar-refractivity contribution >= 4 is 17.3 Å². The fraction of sp³-hybridized carbons (Fsp3) is 0.458. The lowest BCUT2D eigenvalue weighted by molar-refractivity contribution is -0.114. The van der Waals surface area contributed by atoms with E-state index in [1.54, 1.807) is 0 Å². The Labute approximate surface area is 174 Å². The number of carbonyl (C=O) groups excluding carboxylic acids is 1. The number of benzene rings is 2. The van der Waals surface area contributed by atoms with Crippen LogP contribution in [0.5, 0.6) is 11.5 Å². The minimum Gasteiger partial charge on any atom is -0.494 e. The Morgan fingerprint density at radius 1 is 0.862 bits per heavy atom. The zero-order valence-electron chi connectivity index (χ0n) is 17.9. The molecule has 5 nitrogen and oxygen atoms in total. The van der Waals surface area contributed by atoms with E-state index in [1.807, 2.05) is 62.4 Å². The molecule has 29 heavy (non-hydrogen) atoms. The van der Waals surface area contributed by atoms with Gasteiger partial charge in [-0.2, -0.15) is 0 Å². The molecule has 0 unspecified atom stereocenters. The number of amides is 1. The van der Waals surface area contributed by atoms with E-state index in [0.29, 0.717) is 0 Å². The summed E-state index contributed by atoms with van der Waals surface area (Å²) < 4.78 is 11.4. The van der Waals surface area contributed by atoms with Crippen LogP contribution in [0.15, 0.2) is 48.5 Å². The van der Waals surface area contributed by atoms with Crippen molar-refractivity contribution in [2.24, 2.45) is 0 Å². The minimum atomic E-state index is -0.102. The number of unbranched alkanes of at least 4 members (excludes halogenated alkanes) is 4. The van der Waals surface area contributed by atoms with Gasteiger partial charge in [-0.1, -0.05) is 32.6 Å². The summed E-state index contributed by atoms with van der Waals surface area (Å²) in [6.07, 6.45) is 6.27. The van der Waals surface area contributed by atoms with Crippen LogP contribution in [0.4, 0.5) is 11.4 Å². The molecule has 0 saturated carbocycles. The highest BCUT2D eigenvalue weighted by Gasteiger charge is 2.04. The van der Waals surface area contributed by atoms with Gasteiger partial charge in [0.1, 0.15) is 11.5 Å². The lowest BCUT2D eigenvalue weighted by Gasteiger charge is -2.11. The summed E-state index contributed by atoms with van der Waals surface area (Å²) in [5, 5.41) is 6.00. The molecule has 0 fully saturated rings. The molecule has 2 N–H and O–H groups in total. The van der Waals surface area contributed by atoms with E-state index in [1.165, 1.54) is 25.7 Å². The zero-order valence-corrected chi connectivity index (χ0v) is 17.9. The van der Waals surface area contributed by atoms with Crippen LogP contribution in [0.3, 0.4) is 0 Å². The maximum atomic E-state index is 12.1. The first kappa shape index (κ1) is 22.6. The smallest absolute Gasteiger partial charge is 0.243 e. The van der Waals surface area contributed by atoms with Crippen LogP contribution >= 0.6 is 0 Å². The summed E-state index contributed by atoms with van der Waals surface area (Å²) in [4.78, 5) is 12.1. The largest absolute Gasteiger partial charge is 0.494 e. The van der Waals surface area contributed by atoms with Crippen molar-refractivity contribution in [3.8, 4) is 11.5 Å². The van der Waals surface area contributed by atoms with Crippen molar-refractivity contribution in [1.82, 2.24) is 0 Å². The third-order valence-corrected chi connectivity index (χ3v) is 4.33. The van der Waals surface area contributed by atoms with Crippen molar-refractivity contribution in [1.29, 1.82) is 0 Å². The van der Waals surface area contributed by atoms with Crippen LogP contribution < -0.4 is 20.1 Å². The molecule has 0 atom stereocenters. The van der Waals surface area contributed by atoms with Crippen molar-refractivity contribution < 1.29 is 14.3 Å². The van der Waals surface area contributed by atoms with Crippen LogP contribution in [0.2, 0.25) is 0 Å². The molecule has 0 saturated heterocycles. The molecule has 0 bridgehead atoms. The van der Waals surface area contributed by atoms with Crippen molar-refractivity contribution in [3.63, 3.8) is 0 Å². The van der Waals surface area contributed by atoms with Gasteiger partial charge in [0, 0.05) is 11.4 Å². The van der Waals surface area contributed by atoms with Gasteiger partial charge in [-0.05, 0) is 68.8 Å². The van der Waals surface area contributed by atoms with Crippen LogP contribution in [-0.2, 0) is 4.79 Å². The van der Waals surface area contributed by atoms with Gasteiger partial charge < -0.3 is 20.1 Å². The lowest BCUT2D eigenvalue weighted by atomic mass is 10.2. The first-order valence-corrected chi connectivity index (χ1v) is 10.6. The Morgan fingerprint density at radius 3 is 2.14 bits per heavy atom. The Kier molecular flexibility index (Phi) is 9.90. The number of anilines is 2. The van der Waals surface area contributed by atoms with Crippen LogP contribution in [0.1, 0.15) is 52.9 Å². The summed E-state index contributed by atoms with van der Waals surface area (Å²) in [7, 11) is 0. The first-order valence-electron chi connectivity index (χ1n) is 10.6. The molecule has 2 aromatic rings. The molecule has 0 aliphatic carbocycles. The van der Waals surface area contributed by atoms with Gasteiger partial charge in [-0.3, -0.25) is 4.79 Å². The van der Waals surface area contributed by atoms with E-state index in [9.17, 15) is 4.79 Å². The maximum Gasteiger partial charge on any atom is 0.243 e. The SMILES string of the molecule is CCCCCCCOc1ccc(NCC(=O)Nc2ccc(OC(C)C)cc2)cc1. The van der Waals surface area contributed by atoms with Crippen LogP contribution in [-0.4, -0.2) is 25.2 Å². The van der Waals surface area contributed by atoms with Gasteiger partial charge in [-0.25, -0.2) is 0 Å². The Hall–Kier alpha value is -2.69. The van der Waals surface area contributed by atoms with Crippen molar-refractivity contribution in [3.05, 3.63) is 48.5 Å². The van der Waals surface area contributed by atoms with Gasteiger partial charge in [0.2, 0.25) is 5.91 Å². The van der Waals surface area contributed by atoms with Crippen LogP contribution in [0.25, 0.3) is 0 Å². The molecule has 1 amide bonds. The van der Waals surface area contributed by atoms with E-state index >= 15 is 0 Å². The summed E-state index contributed by atoms with van der Waals surface area (Å²) in [6.45, 7) is 7.13. The fourth-order valence-electron chi connectivity index (χ4n) is 2.84. The number of hydrogen-bond acceptors (Lipinski definition) is 4. The second-order valence-corrected chi connectivity index (χ2v) is 7.38. The van der Waals surface area contributed by atoms with Gasteiger partial charge in [0.05, 0.1) is 19.3 Å². The average molecular weight is 399 g/mol. The molecule has 0 radical (unpaired) electrons. The van der Waals surface area contributed by atoms with E-state index < -0.39 is 0 Å². The van der Waals surface area contributed by atoms with Crippen molar-refractivity contribution in [2.75, 3.05) is 23.8 Å². The highest BCUT2D eigenvalue weighted by atomic mass is 16.5. The minimum absolute atomic E-state index is 0.102. The maximum absolute atomic E-state index is 12.1. The van der Waals surface area contributed by atoms with Gasteiger partial charge in [0.25, 0.3) is 0 Å². The van der Waals surface area contributed by atoms with E-state index in [2.05, 4.69) is 17.6 Å². The predicted molar refractivity (Wildman–Crippen MR) is 120 cm³/mol. The molecule has 5 heteroatoms. The quantitative estimate of drug-likeness (QED) is 0.414. The number of carbonyl (C=O) groups is 1. The van der Waals surface area contributed by atoms with Crippen molar-refractivity contribution in [2.45, 2.75) is 59.0 Å². The van der Waals surface area contributed by atoms with Gasteiger partial charge >= 0.3 is 0 Å². The number of hydrogen-bond donors (Lipinski definition) is 2. The predicted octanol–water partition coefficient (Wildman–Crippen LogP) is 5.87.